The summed E-state index contributed by atoms with van der Waals surface area (Å²) in [5.41, 5.74) is 2.10. The predicted octanol–water partition coefficient (Wildman–Crippen LogP) is 1.66. The Hall–Kier alpha value is -0.420. The van der Waals surface area contributed by atoms with Crippen LogP contribution in [0.1, 0.15) is 17.4 Å². The number of nitrogens with one attached hydrogen (secondary N) is 1. The summed E-state index contributed by atoms with van der Waals surface area (Å²) in [6.45, 7) is 2.50. The summed E-state index contributed by atoms with van der Waals surface area (Å²) in [7, 11) is 0. The minimum atomic E-state index is -0.124. The lowest BCUT2D eigenvalue weighted by Gasteiger charge is -1.96. The molecule has 11 heavy (non-hydrogen) atoms. The molecular weight excluding hydrogens is 228 g/mol. The first kappa shape index (κ1) is 8.67. The number of rotatable bonds is 2. The Morgan fingerprint density at radius 1 is 1.91 bits per heavy atom. The van der Waals surface area contributed by atoms with Gasteiger partial charge in [-0.15, -0.1) is 11.3 Å². The molecular formula is C6H7BrN2OS. The third kappa shape index (κ3) is 2.00. The molecule has 0 aromatic carbocycles. The fourth-order valence-corrected chi connectivity index (χ4v) is 1.66. The zero-order chi connectivity index (χ0) is 8.27. The number of halogens is 1. The van der Waals surface area contributed by atoms with Crippen molar-refractivity contribution < 1.29 is 4.79 Å². The number of thiazole rings is 1. The summed E-state index contributed by atoms with van der Waals surface area (Å²) in [5.74, 6) is -0.124. The van der Waals surface area contributed by atoms with Gasteiger partial charge < -0.3 is 5.32 Å². The fraction of sp³-hybridized carbons (Fsp3) is 0.333. The Bertz CT molecular complexity index is 261. The molecule has 0 aliphatic carbocycles. The third-order valence-corrected chi connectivity index (χ3v) is 2.62. The van der Waals surface area contributed by atoms with Gasteiger partial charge in [-0.25, -0.2) is 4.98 Å². The molecule has 0 atom stereocenters. The van der Waals surface area contributed by atoms with Gasteiger partial charge in [0.1, 0.15) is 3.79 Å². The van der Waals surface area contributed by atoms with Gasteiger partial charge in [0.2, 0.25) is 0 Å². The van der Waals surface area contributed by atoms with Crippen LogP contribution in [0.25, 0.3) is 0 Å². The van der Waals surface area contributed by atoms with Crippen LogP contribution in [0.3, 0.4) is 0 Å². The molecule has 0 saturated carbocycles. The predicted molar refractivity (Wildman–Crippen MR) is 47.8 cm³/mol. The number of amides is 1. The first-order valence-corrected chi connectivity index (χ1v) is 4.80. The monoisotopic (exact) mass is 234 g/mol. The van der Waals surface area contributed by atoms with Crippen LogP contribution in [0, 0.1) is 0 Å². The van der Waals surface area contributed by atoms with Crippen LogP contribution >= 0.6 is 27.3 Å². The van der Waals surface area contributed by atoms with Gasteiger partial charge in [0, 0.05) is 6.54 Å². The van der Waals surface area contributed by atoms with E-state index in [0.717, 1.165) is 3.79 Å². The molecule has 1 amide bonds. The molecule has 0 saturated heterocycles. The van der Waals surface area contributed by atoms with Crippen LogP contribution in [0.5, 0.6) is 0 Å². The van der Waals surface area contributed by atoms with Crippen molar-refractivity contribution in [3.05, 3.63) is 15.0 Å². The van der Waals surface area contributed by atoms with Gasteiger partial charge in [0.15, 0.2) is 5.69 Å². The van der Waals surface area contributed by atoms with Crippen molar-refractivity contribution >= 4 is 33.2 Å². The molecule has 1 rings (SSSR count). The quantitative estimate of drug-likeness (QED) is 0.846. The number of carbonyl (C=O) groups is 1. The maximum absolute atomic E-state index is 11.1. The van der Waals surface area contributed by atoms with E-state index >= 15 is 0 Å². The molecule has 0 bridgehead atoms. The molecule has 1 aromatic rings. The number of hydrogen-bond acceptors (Lipinski definition) is 3. The minimum absolute atomic E-state index is 0.124. The average Bonchev–Trinajstić information content (AvgIpc) is 2.36. The standard InChI is InChI=1S/C6H7BrN2OS/c1-2-8-6(10)4-5(7)11-3-9-4/h3H,2H2,1H3,(H,8,10). The molecule has 1 N–H and O–H groups in total. The minimum Gasteiger partial charge on any atom is -0.351 e. The van der Waals surface area contributed by atoms with Crippen molar-refractivity contribution in [2.75, 3.05) is 6.54 Å². The van der Waals surface area contributed by atoms with E-state index in [9.17, 15) is 4.79 Å². The van der Waals surface area contributed by atoms with E-state index in [1.54, 1.807) is 5.51 Å². The highest BCUT2D eigenvalue weighted by Gasteiger charge is 2.10. The number of carbonyl (C=O) groups excluding carboxylic acids is 1. The zero-order valence-corrected chi connectivity index (χ0v) is 8.33. The highest BCUT2D eigenvalue weighted by molar-refractivity contribution is 9.11. The van der Waals surface area contributed by atoms with Crippen molar-refractivity contribution in [1.29, 1.82) is 0 Å². The summed E-state index contributed by atoms with van der Waals surface area (Å²) in [6, 6.07) is 0. The first-order chi connectivity index (χ1) is 5.25. The van der Waals surface area contributed by atoms with Crippen LogP contribution in [-0.4, -0.2) is 17.4 Å². The highest BCUT2D eigenvalue weighted by atomic mass is 79.9. The second kappa shape index (κ2) is 3.82. The van der Waals surface area contributed by atoms with Crippen LogP contribution in [0.4, 0.5) is 0 Å². The van der Waals surface area contributed by atoms with Crippen LogP contribution < -0.4 is 5.32 Å². The number of aromatic nitrogens is 1. The van der Waals surface area contributed by atoms with Crippen molar-refractivity contribution in [2.45, 2.75) is 6.92 Å². The summed E-state index contributed by atoms with van der Waals surface area (Å²) in [5, 5.41) is 2.66. The molecule has 0 fully saturated rings. The Kier molecular flexibility index (Phi) is 3.02. The molecule has 0 aliphatic heterocycles. The van der Waals surface area contributed by atoms with E-state index in [-0.39, 0.29) is 5.91 Å². The Morgan fingerprint density at radius 2 is 2.64 bits per heavy atom. The SMILES string of the molecule is CCNC(=O)c1ncsc1Br. The Morgan fingerprint density at radius 3 is 3.09 bits per heavy atom. The maximum atomic E-state index is 11.1. The molecule has 1 heterocycles. The molecule has 0 spiro atoms. The third-order valence-electron chi connectivity index (χ3n) is 1.08. The first-order valence-electron chi connectivity index (χ1n) is 3.13. The second-order valence-electron chi connectivity index (χ2n) is 1.83. The highest BCUT2D eigenvalue weighted by Crippen LogP contribution is 2.19. The molecule has 60 valence electrons. The molecule has 0 aliphatic rings. The van der Waals surface area contributed by atoms with Gasteiger partial charge >= 0.3 is 0 Å². The molecule has 5 heteroatoms. The summed E-state index contributed by atoms with van der Waals surface area (Å²) in [6.07, 6.45) is 0. The van der Waals surface area contributed by atoms with E-state index in [1.165, 1.54) is 11.3 Å². The van der Waals surface area contributed by atoms with E-state index < -0.39 is 0 Å². The summed E-state index contributed by atoms with van der Waals surface area (Å²) >= 11 is 4.64. The largest absolute Gasteiger partial charge is 0.351 e. The van der Waals surface area contributed by atoms with Gasteiger partial charge in [-0.1, -0.05) is 0 Å². The fourth-order valence-electron chi connectivity index (χ4n) is 0.624. The topological polar surface area (TPSA) is 42.0 Å². The van der Waals surface area contributed by atoms with Gasteiger partial charge in [-0.05, 0) is 22.9 Å². The smallest absolute Gasteiger partial charge is 0.271 e. The lowest BCUT2D eigenvalue weighted by molar-refractivity contribution is 0.0951. The Balaban J connectivity index is 2.76. The Labute approximate surface area is 77.0 Å². The summed E-state index contributed by atoms with van der Waals surface area (Å²) < 4.78 is 0.781. The zero-order valence-electron chi connectivity index (χ0n) is 5.93. The van der Waals surface area contributed by atoms with E-state index in [0.29, 0.717) is 12.2 Å². The van der Waals surface area contributed by atoms with Crippen molar-refractivity contribution in [3.63, 3.8) is 0 Å². The van der Waals surface area contributed by atoms with Crippen molar-refractivity contribution in [2.24, 2.45) is 0 Å². The second-order valence-corrected chi connectivity index (χ2v) is 4.01. The lowest BCUT2D eigenvalue weighted by Crippen LogP contribution is -2.23. The van der Waals surface area contributed by atoms with Gasteiger partial charge in [0.25, 0.3) is 5.91 Å². The van der Waals surface area contributed by atoms with Crippen molar-refractivity contribution in [3.8, 4) is 0 Å². The molecule has 3 nitrogen and oxygen atoms in total. The number of nitrogens with zero attached hydrogens (tertiary/aromatic N) is 1. The summed E-state index contributed by atoms with van der Waals surface area (Å²) in [4.78, 5) is 15.0. The van der Waals surface area contributed by atoms with Gasteiger partial charge in [-0.2, -0.15) is 0 Å². The molecule has 1 aromatic heterocycles. The average molecular weight is 235 g/mol. The lowest BCUT2D eigenvalue weighted by atomic mass is 10.4. The number of hydrogen-bond donors (Lipinski definition) is 1. The van der Waals surface area contributed by atoms with Gasteiger partial charge in [0.05, 0.1) is 5.51 Å². The van der Waals surface area contributed by atoms with Crippen molar-refractivity contribution in [1.82, 2.24) is 10.3 Å². The van der Waals surface area contributed by atoms with Gasteiger partial charge in [-0.3, -0.25) is 4.79 Å². The van der Waals surface area contributed by atoms with Crippen LogP contribution in [-0.2, 0) is 0 Å². The molecule has 0 radical (unpaired) electrons. The van der Waals surface area contributed by atoms with E-state index in [2.05, 4.69) is 26.2 Å². The van der Waals surface area contributed by atoms with E-state index in [4.69, 9.17) is 0 Å². The maximum Gasteiger partial charge on any atom is 0.271 e. The van der Waals surface area contributed by atoms with Crippen LogP contribution in [0.2, 0.25) is 0 Å². The van der Waals surface area contributed by atoms with Crippen LogP contribution in [0.15, 0.2) is 9.30 Å². The van der Waals surface area contributed by atoms with E-state index in [1.807, 2.05) is 6.92 Å². The molecule has 0 unspecified atom stereocenters. The normalized spacial score (nSPS) is 9.64.